The van der Waals surface area contributed by atoms with Crippen LogP contribution in [-0.4, -0.2) is 34.7 Å². The van der Waals surface area contributed by atoms with Crippen LogP contribution < -0.4 is 0 Å². The molecule has 1 aliphatic rings. The van der Waals surface area contributed by atoms with Crippen molar-refractivity contribution in [2.45, 2.75) is 32.4 Å². The Labute approximate surface area is 125 Å². The lowest BCUT2D eigenvalue weighted by atomic mass is 10.2. The zero-order valence-corrected chi connectivity index (χ0v) is 12.6. The van der Waals surface area contributed by atoms with Crippen LogP contribution >= 0.6 is 0 Å². The summed E-state index contributed by atoms with van der Waals surface area (Å²) in [5.74, 6) is 2.02. The lowest BCUT2D eigenvalue weighted by molar-refractivity contribution is 0.103. The summed E-state index contributed by atoms with van der Waals surface area (Å²) in [7, 11) is 2.02. The Bertz CT molecular complexity index is 590. The number of aromatic nitrogens is 1. The first-order valence-corrected chi connectivity index (χ1v) is 7.52. The predicted octanol–water partition coefficient (Wildman–Crippen LogP) is 2.85. The number of aliphatic hydroxyl groups excluding tert-OH is 1. The number of benzene rings is 1. The number of oxazole rings is 1. The average molecular weight is 286 g/mol. The van der Waals surface area contributed by atoms with Crippen molar-refractivity contribution in [3.63, 3.8) is 0 Å². The van der Waals surface area contributed by atoms with Crippen LogP contribution in [0.5, 0.6) is 0 Å². The molecule has 4 heteroatoms. The molecule has 1 aromatic carbocycles. The second kappa shape index (κ2) is 6.00. The molecule has 0 spiro atoms. The van der Waals surface area contributed by atoms with Gasteiger partial charge in [0.05, 0.1) is 11.8 Å². The first-order valence-electron chi connectivity index (χ1n) is 7.52. The van der Waals surface area contributed by atoms with Gasteiger partial charge in [0.15, 0.2) is 0 Å². The molecule has 1 aromatic heterocycles. The van der Waals surface area contributed by atoms with Gasteiger partial charge in [-0.05, 0) is 44.9 Å². The number of hydrogen-bond donors (Lipinski definition) is 1. The molecule has 1 unspecified atom stereocenters. The van der Waals surface area contributed by atoms with Gasteiger partial charge in [-0.25, -0.2) is 4.98 Å². The number of nitrogens with zero attached hydrogens (tertiary/aromatic N) is 2. The molecule has 3 rings (SSSR count). The molecule has 1 heterocycles. The van der Waals surface area contributed by atoms with E-state index in [2.05, 4.69) is 9.88 Å². The number of hydrogen-bond acceptors (Lipinski definition) is 4. The molecule has 0 radical (unpaired) electrons. The summed E-state index contributed by atoms with van der Waals surface area (Å²) in [4.78, 5) is 6.71. The highest BCUT2D eigenvalue weighted by molar-refractivity contribution is 5.53. The molecule has 1 fully saturated rings. The Hall–Kier alpha value is -1.65. The molecule has 2 aromatic rings. The van der Waals surface area contributed by atoms with E-state index in [1.54, 1.807) is 0 Å². The normalized spacial score (nSPS) is 16.4. The Morgan fingerprint density at radius 3 is 2.71 bits per heavy atom. The van der Waals surface area contributed by atoms with Crippen molar-refractivity contribution in [3.8, 4) is 11.5 Å². The standard InChI is InChI=1S/C17H22N2O2/c1-12-15(10-19(2)11-16(20)13-8-9-13)18-17(21-12)14-6-4-3-5-7-14/h3-7,13,16,20H,8-11H2,1-2H3. The molecule has 21 heavy (non-hydrogen) atoms. The second-order valence-electron chi connectivity index (χ2n) is 5.99. The number of likely N-dealkylation sites (N-methyl/N-ethyl adjacent to an activating group) is 1. The smallest absolute Gasteiger partial charge is 0.226 e. The molecule has 0 saturated heterocycles. The number of aryl methyl sites for hydroxylation is 1. The van der Waals surface area contributed by atoms with Gasteiger partial charge < -0.3 is 9.52 Å². The van der Waals surface area contributed by atoms with Gasteiger partial charge in [0.2, 0.25) is 5.89 Å². The minimum Gasteiger partial charge on any atom is -0.441 e. The summed E-state index contributed by atoms with van der Waals surface area (Å²) in [6.07, 6.45) is 2.11. The van der Waals surface area contributed by atoms with Crippen molar-refractivity contribution in [2.24, 2.45) is 5.92 Å². The Morgan fingerprint density at radius 1 is 1.33 bits per heavy atom. The summed E-state index contributed by atoms with van der Waals surface area (Å²) in [5, 5.41) is 10.0. The van der Waals surface area contributed by atoms with Gasteiger partial charge >= 0.3 is 0 Å². The highest BCUT2D eigenvalue weighted by Gasteiger charge is 2.30. The van der Waals surface area contributed by atoms with Crippen LogP contribution in [0.4, 0.5) is 0 Å². The Balaban J connectivity index is 1.66. The van der Waals surface area contributed by atoms with E-state index >= 15 is 0 Å². The largest absolute Gasteiger partial charge is 0.441 e. The van der Waals surface area contributed by atoms with E-state index in [4.69, 9.17) is 4.42 Å². The summed E-state index contributed by atoms with van der Waals surface area (Å²) in [6.45, 7) is 3.34. The lowest BCUT2D eigenvalue weighted by Crippen LogP contribution is -2.30. The van der Waals surface area contributed by atoms with Crippen LogP contribution in [0, 0.1) is 12.8 Å². The van der Waals surface area contributed by atoms with Gasteiger partial charge in [-0.15, -0.1) is 0 Å². The third kappa shape index (κ3) is 3.52. The van der Waals surface area contributed by atoms with Gasteiger partial charge in [0, 0.05) is 18.7 Å². The van der Waals surface area contributed by atoms with Crippen molar-refractivity contribution in [1.29, 1.82) is 0 Å². The van der Waals surface area contributed by atoms with Crippen molar-refractivity contribution in [3.05, 3.63) is 41.8 Å². The third-order valence-electron chi connectivity index (χ3n) is 4.00. The SMILES string of the molecule is Cc1oc(-c2ccccc2)nc1CN(C)CC(O)C1CC1. The van der Waals surface area contributed by atoms with Crippen LogP contribution in [0.3, 0.4) is 0 Å². The molecule has 1 N–H and O–H groups in total. The fourth-order valence-electron chi connectivity index (χ4n) is 2.55. The Morgan fingerprint density at radius 2 is 2.05 bits per heavy atom. The zero-order chi connectivity index (χ0) is 14.8. The van der Waals surface area contributed by atoms with Gasteiger partial charge in [-0.1, -0.05) is 18.2 Å². The van der Waals surface area contributed by atoms with Crippen LogP contribution in [-0.2, 0) is 6.54 Å². The molecule has 0 aliphatic heterocycles. The maximum Gasteiger partial charge on any atom is 0.226 e. The van der Waals surface area contributed by atoms with Gasteiger partial charge in [-0.3, -0.25) is 4.90 Å². The molecular formula is C17H22N2O2. The molecule has 0 amide bonds. The molecular weight excluding hydrogens is 264 g/mol. The maximum absolute atomic E-state index is 10.0. The van der Waals surface area contributed by atoms with Crippen molar-refractivity contribution in [2.75, 3.05) is 13.6 Å². The molecule has 1 atom stereocenters. The molecule has 112 valence electrons. The van der Waals surface area contributed by atoms with Gasteiger partial charge in [-0.2, -0.15) is 0 Å². The summed E-state index contributed by atoms with van der Waals surface area (Å²) in [6, 6.07) is 9.93. The summed E-state index contributed by atoms with van der Waals surface area (Å²) >= 11 is 0. The van der Waals surface area contributed by atoms with Crippen molar-refractivity contribution in [1.82, 2.24) is 9.88 Å². The first kappa shape index (κ1) is 14.3. The highest BCUT2D eigenvalue weighted by Crippen LogP contribution is 2.33. The third-order valence-corrected chi connectivity index (χ3v) is 4.00. The minimum atomic E-state index is -0.212. The van der Waals surface area contributed by atoms with E-state index in [0.29, 0.717) is 24.9 Å². The highest BCUT2D eigenvalue weighted by atomic mass is 16.4. The summed E-state index contributed by atoms with van der Waals surface area (Å²) < 4.78 is 5.77. The topological polar surface area (TPSA) is 49.5 Å². The maximum atomic E-state index is 10.0. The van der Waals surface area contributed by atoms with E-state index in [1.807, 2.05) is 44.3 Å². The zero-order valence-electron chi connectivity index (χ0n) is 12.6. The Kier molecular flexibility index (Phi) is 4.08. The van der Waals surface area contributed by atoms with E-state index in [9.17, 15) is 5.11 Å². The van der Waals surface area contributed by atoms with E-state index in [-0.39, 0.29) is 6.10 Å². The molecule has 1 aliphatic carbocycles. The van der Waals surface area contributed by atoms with Crippen LogP contribution in [0.1, 0.15) is 24.3 Å². The molecule has 1 saturated carbocycles. The van der Waals surface area contributed by atoms with Crippen LogP contribution in [0.2, 0.25) is 0 Å². The number of rotatable bonds is 6. The molecule has 4 nitrogen and oxygen atoms in total. The van der Waals surface area contributed by atoms with Crippen LogP contribution in [0.15, 0.2) is 34.7 Å². The van der Waals surface area contributed by atoms with Crippen LogP contribution in [0.25, 0.3) is 11.5 Å². The lowest BCUT2D eigenvalue weighted by Gasteiger charge is -2.19. The van der Waals surface area contributed by atoms with Gasteiger partial charge in [0.25, 0.3) is 0 Å². The summed E-state index contributed by atoms with van der Waals surface area (Å²) in [5.41, 5.74) is 1.94. The molecule has 0 bridgehead atoms. The van der Waals surface area contributed by atoms with E-state index in [1.165, 1.54) is 0 Å². The van der Waals surface area contributed by atoms with E-state index in [0.717, 1.165) is 29.9 Å². The second-order valence-corrected chi connectivity index (χ2v) is 5.99. The van der Waals surface area contributed by atoms with Crippen molar-refractivity contribution >= 4 is 0 Å². The van der Waals surface area contributed by atoms with Gasteiger partial charge in [0.1, 0.15) is 5.76 Å². The van der Waals surface area contributed by atoms with E-state index < -0.39 is 0 Å². The fraction of sp³-hybridized carbons (Fsp3) is 0.471. The van der Waals surface area contributed by atoms with Crippen molar-refractivity contribution < 1.29 is 9.52 Å². The quantitative estimate of drug-likeness (QED) is 0.887. The number of aliphatic hydroxyl groups is 1. The fourth-order valence-corrected chi connectivity index (χ4v) is 2.55. The first-order chi connectivity index (χ1) is 10.1. The minimum absolute atomic E-state index is 0.212. The average Bonchev–Trinajstić information content (AvgIpc) is 3.26. The monoisotopic (exact) mass is 286 g/mol. The predicted molar refractivity (Wildman–Crippen MR) is 81.7 cm³/mol.